The Balaban J connectivity index is 1.50. The van der Waals surface area contributed by atoms with E-state index >= 15 is 0 Å². The van der Waals surface area contributed by atoms with Gasteiger partial charge in [0.15, 0.2) is 0 Å². The van der Waals surface area contributed by atoms with Crippen LogP contribution in [0.2, 0.25) is 0 Å². The molecule has 4 heteroatoms. The second-order valence-corrected chi connectivity index (χ2v) is 5.64. The number of piperidine rings is 1. The van der Waals surface area contributed by atoms with Gasteiger partial charge in [0.05, 0.1) is 0 Å². The van der Waals surface area contributed by atoms with Crippen molar-refractivity contribution in [3.8, 4) is 0 Å². The van der Waals surface area contributed by atoms with Crippen molar-refractivity contribution in [3.05, 3.63) is 0 Å². The van der Waals surface area contributed by atoms with E-state index in [1.165, 1.54) is 19.3 Å². The number of hydrogen-bond donors (Lipinski definition) is 1. The quantitative estimate of drug-likeness (QED) is 0.739. The highest BCUT2D eigenvalue weighted by Crippen LogP contribution is 2.28. The molecule has 0 spiro atoms. The molecule has 1 saturated heterocycles. The SMILES string of the molecule is CC1CCCCN1C(=O)NCCCOCC1CC1. The maximum Gasteiger partial charge on any atom is 0.317 e. The maximum absolute atomic E-state index is 11.9. The van der Waals surface area contributed by atoms with Gasteiger partial charge in [0.2, 0.25) is 0 Å². The summed E-state index contributed by atoms with van der Waals surface area (Å²) in [4.78, 5) is 13.9. The Bertz CT molecular complexity index is 267. The second-order valence-electron chi connectivity index (χ2n) is 5.64. The molecule has 0 aromatic heterocycles. The van der Waals surface area contributed by atoms with Gasteiger partial charge in [0.25, 0.3) is 0 Å². The molecule has 104 valence electrons. The molecular formula is C14H26N2O2. The van der Waals surface area contributed by atoms with Crippen molar-refractivity contribution < 1.29 is 9.53 Å². The Hall–Kier alpha value is -0.770. The Kier molecular flexibility index (Phi) is 5.29. The molecular weight excluding hydrogens is 228 g/mol. The molecule has 2 rings (SSSR count). The van der Waals surface area contributed by atoms with Crippen LogP contribution in [0, 0.1) is 5.92 Å². The van der Waals surface area contributed by atoms with Gasteiger partial charge in [-0.2, -0.15) is 0 Å². The zero-order valence-corrected chi connectivity index (χ0v) is 11.5. The second kappa shape index (κ2) is 6.98. The third-order valence-electron chi connectivity index (χ3n) is 3.86. The Morgan fingerprint density at radius 2 is 2.17 bits per heavy atom. The first-order valence-electron chi connectivity index (χ1n) is 7.39. The van der Waals surface area contributed by atoms with E-state index < -0.39 is 0 Å². The zero-order valence-electron chi connectivity index (χ0n) is 11.5. The number of nitrogens with zero attached hydrogens (tertiary/aromatic N) is 1. The van der Waals surface area contributed by atoms with Crippen LogP contribution in [0.5, 0.6) is 0 Å². The Labute approximate surface area is 110 Å². The van der Waals surface area contributed by atoms with Crippen LogP contribution in [0.15, 0.2) is 0 Å². The zero-order chi connectivity index (χ0) is 12.8. The lowest BCUT2D eigenvalue weighted by Crippen LogP contribution is -2.47. The van der Waals surface area contributed by atoms with Crippen molar-refractivity contribution in [1.29, 1.82) is 0 Å². The third kappa shape index (κ3) is 4.48. The minimum atomic E-state index is 0.101. The molecule has 2 aliphatic rings. The average Bonchev–Trinajstić information content (AvgIpc) is 3.18. The van der Waals surface area contributed by atoms with E-state index in [1.807, 2.05) is 4.90 Å². The molecule has 0 aromatic carbocycles. The molecule has 1 saturated carbocycles. The number of ether oxygens (including phenoxy) is 1. The predicted octanol–water partition coefficient (Wildman–Crippen LogP) is 2.39. The molecule has 1 N–H and O–H groups in total. The lowest BCUT2D eigenvalue weighted by Gasteiger charge is -2.33. The lowest BCUT2D eigenvalue weighted by atomic mass is 10.0. The summed E-state index contributed by atoms with van der Waals surface area (Å²) in [7, 11) is 0. The van der Waals surface area contributed by atoms with E-state index in [4.69, 9.17) is 4.74 Å². The van der Waals surface area contributed by atoms with Gasteiger partial charge in [0, 0.05) is 32.3 Å². The summed E-state index contributed by atoms with van der Waals surface area (Å²) in [6, 6.07) is 0.495. The molecule has 2 amide bonds. The van der Waals surface area contributed by atoms with Gasteiger partial charge < -0.3 is 15.0 Å². The van der Waals surface area contributed by atoms with Crippen LogP contribution in [-0.2, 0) is 4.74 Å². The standard InChI is InChI=1S/C14H26N2O2/c1-12-5-2-3-9-16(12)14(17)15-8-4-10-18-11-13-6-7-13/h12-13H,2-11H2,1H3,(H,15,17). The van der Waals surface area contributed by atoms with E-state index in [0.29, 0.717) is 6.04 Å². The third-order valence-corrected chi connectivity index (χ3v) is 3.86. The fourth-order valence-corrected chi connectivity index (χ4v) is 2.41. The summed E-state index contributed by atoms with van der Waals surface area (Å²) >= 11 is 0. The number of carbonyl (C=O) groups excluding carboxylic acids is 1. The molecule has 1 heterocycles. The van der Waals surface area contributed by atoms with E-state index in [9.17, 15) is 4.79 Å². The van der Waals surface area contributed by atoms with Gasteiger partial charge in [-0.1, -0.05) is 0 Å². The summed E-state index contributed by atoms with van der Waals surface area (Å²) in [5, 5.41) is 2.99. The van der Waals surface area contributed by atoms with Crippen molar-refractivity contribution in [3.63, 3.8) is 0 Å². The highest BCUT2D eigenvalue weighted by molar-refractivity contribution is 5.74. The average molecular weight is 254 g/mol. The molecule has 0 bridgehead atoms. The van der Waals surface area contributed by atoms with Crippen LogP contribution in [0.4, 0.5) is 4.79 Å². The lowest BCUT2D eigenvalue weighted by molar-refractivity contribution is 0.120. The first-order chi connectivity index (χ1) is 8.77. The highest BCUT2D eigenvalue weighted by atomic mass is 16.5. The molecule has 1 aliphatic heterocycles. The van der Waals surface area contributed by atoms with Crippen molar-refractivity contribution in [1.82, 2.24) is 10.2 Å². The van der Waals surface area contributed by atoms with Crippen molar-refractivity contribution >= 4 is 6.03 Å². The number of hydrogen-bond acceptors (Lipinski definition) is 2. The maximum atomic E-state index is 11.9. The van der Waals surface area contributed by atoms with Crippen LogP contribution in [-0.4, -0.2) is 43.3 Å². The summed E-state index contributed by atoms with van der Waals surface area (Å²) in [5.41, 5.74) is 0. The summed E-state index contributed by atoms with van der Waals surface area (Å²) in [5.74, 6) is 0.828. The van der Waals surface area contributed by atoms with Crippen molar-refractivity contribution in [2.45, 2.75) is 51.5 Å². The van der Waals surface area contributed by atoms with Crippen LogP contribution in [0.3, 0.4) is 0 Å². The number of rotatable bonds is 6. The van der Waals surface area contributed by atoms with Gasteiger partial charge in [-0.05, 0) is 51.4 Å². The van der Waals surface area contributed by atoms with Crippen molar-refractivity contribution in [2.75, 3.05) is 26.3 Å². The van der Waals surface area contributed by atoms with E-state index in [-0.39, 0.29) is 6.03 Å². The van der Waals surface area contributed by atoms with Crippen LogP contribution in [0.1, 0.15) is 45.4 Å². The Morgan fingerprint density at radius 3 is 2.89 bits per heavy atom. The minimum Gasteiger partial charge on any atom is -0.381 e. The molecule has 1 atom stereocenters. The first-order valence-corrected chi connectivity index (χ1v) is 7.39. The number of amides is 2. The monoisotopic (exact) mass is 254 g/mol. The van der Waals surface area contributed by atoms with Crippen molar-refractivity contribution in [2.24, 2.45) is 5.92 Å². The summed E-state index contributed by atoms with van der Waals surface area (Å²) in [6.45, 7) is 5.46. The number of nitrogens with one attached hydrogen (secondary N) is 1. The van der Waals surface area contributed by atoms with E-state index in [0.717, 1.165) is 51.5 Å². The Morgan fingerprint density at radius 1 is 1.33 bits per heavy atom. The minimum absolute atomic E-state index is 0.101. The van der Waals surface area contributed by atoms with Gasteiger partial charge in [-0.3, -0.25) is 0 Å². The van der Waals surface area contributed by atoms with E-state index in [1.54, 1.807) is 0 Å². The smallest absolute Gasteiger partial charge is 0.317 e. The van der Waals surface area contributed by atoms with Crippen LogP contribution in [0.25, 0.3) is 0 Å². The fourth-order valence-electron chi connectivity index (χ4n) is 2.41. The van der Waals surface area contributed by atoms with E-state index in [2.05, 4.69) is 12.2 Å². The number of carbonyl (C=O) groups is 1. The van der Waals surface area contributed by atoms with Crippen LogP contribution >= 0.6 is 0 Å². The normalized spacial score (nSPS) is 24.1. The molecule has 1 aliphatic carbocycles. The van der Waals surface area contributed by atoms with Crippen LogP contribution < -0.4 is 5.32 Å². The predicted molar refractivity (Wildman–Crippen MR) is 71.6 cm³/mol. The van der Waals surface area contributed by atoms with Gasteiger partial charge in [0.1, 0.15) is 0 Å². The number of urea groups is 1. The topological polar surface area (TPSA) is 41.6 Å². The summed E-state index contributed by atoms with van der Waals surface area (Å²) < 4.78 is 5.54. The fraction of sp³-hybridized carbons (Fsp3) is 0.929. The summed E-state index contributed by atoms with van der Waals surface area (Å²) in [6.07, 6.45) is 7.12. The van der Waals surface area contributed by atoms with Gasteiger partial charge >= 0.3 is 6.03 Å². The molecule has 2 fully saturated rings. The number of likely N-dealkylation sites (tertiary alicyclic amines) is 1. The largest absolute Gasteiger partial charge is 0.381 e. The first kappa shape index (κ1) is 13.7. The highest BCUT2D eigenvalue weighted by Gasteiger charge is 2.23. The molecule has 4 nitrogen and oxygen atoms in total. The molecule has 1 unspecified atom stereocenters. The molecule has 0 radical (unpaired) electrons. The van der Waals surface area contributed by atoms with Gasteiger partial charge in [-0.25, -0.2) is 4.79 Å². The molecule has 0 aromatic rings. The molecule has 18 heavy (non-hydrogen) atoms. The van der Waals surface area contributed by atoms with Gasteiger partial charge in [-0.15, -0.1) is 0 Å².